The van der Waals surface area contributed by atoms with E-state index in [0.717, 1.165) is 19.4 Å². The summed E-state index contributed by atoms with van der Waals surface area (Å²) in [6.45, 7) is 9.66. The van der Waals surface area contributed by atoms with E-state index in [1.807, 2.05) is 13.8 Å². The second kappa shape index (κ2) is 6.70. The SMILES string of the molecule is CCC(CC)(CN)CNc1cc(=O)[nH]c(C(C)C)n1. The summed E-state index contributed by atoms with van der Waals surface area (Å²) in [5.41, 5.74) is 5.83. The fourth-order valence-corrected chi connectivity index (χ4v) is 1.98. The van der Waals surface area contributed by atoms with Gasteiger partial charge in [-0.2, -0.15) is 0 Å². The van der Waals surface area contributed by atoms with Gasteiger partial charge in [-0.25, -0.2) is 4.98 Å². The quantitative estimate of drug-likeness (QED) is 0.705. The molecule has 5 heteroatoms. The molecule has 1 aromatic heterocycles. The molecule has 0 saturated heterocycles. The minimum Gasteiger partial charge on any atom is -0.369 e. The van der Waals surface area contributed by atoms with Crippen molar-refractivity contribution in [2.45, 2.75) is 46.5 Å². The number of aromatic nitrogens is 2. The Morgan fingerprint density at radius 3 is 2.53 bits per heavy atom. The van der Waals surface area contributed by atoms with Crippen molar-refractivity contribution >= 4 is 5.82 Å². The van der Waals surface area contributed by atoms with Crippen LogP contribution < -0.4 is 16.6 Å². The van der Waals surface area contributed by atoms with Crippen LogP contribution in [-0.4, -0.2) is 23.1 Å². The maximum absolute atomic E-state index is 11.6. The number of hydrogen-bond donors (Lipinski definition) is 3. The molecule has 1 aromatic rings. The number of nitrogens with two attached hydrogens (primary N) is 1. The second-order valence-electron chi connectivity index (χ2n) is 5.44. The molecule has 0 aliphatic carbocycles. The number of aromatic amines is 1. The Hall–Kier alpha value is -1.36. The lowest BCUT2D eigenvalue weighted by atomic mass is 9.82. The lowest BCUT2D eigenvalue weighted by molar-refractivity contribution is 0.294. The Morgan fingerprint density at radius 1 is 1.42 bits per heavy atom. The highest BCUT2D eigenvalue weighted by Gasteiger charge is 2.24. The predicted octanol–water partition coefficient (Wildman–Crippen LogP) is 2.07. The molecule has 0 amide bonds. The number of nitrogens with one attached hydrogen (secondary N) is 2. The van der Waals surface area contributed by atoms with E-state index in [0.29, 0.717) is 18.2 Å². The van der Waals surface area contributed by atoms with Crippen molar-refractivity contribution in [3.8, 4) is 0 Å². The Balaban J connectivity index is 2.85. The molecule has 0 spiro atoms. The van der Waals surface area contributed by atoms with E-state index in [9.17, 15) is 4.79 Å². The summed E-state index contributed by atoms with van der Waals surface area (Å²) in [6, 6.07) is 1.50. The molecular weight excluding hydrogens is 240 g/mol. The molecule has 0 aliphatic rings. The highest BCUT2D eigenvalue weighted by atomic mass is 16.1. The van der Waals surface area contributed by atoms with E-state index in [2.05, 4.69) is 29.1 Å². The number of hydrogen-bond acceptors (Lipinski definition) is 4. The zero-order chi connectivity index (χ0) is 14.5. The summed E-state index contributed by atoms with van der Waals surface area (Å²) in [7, 11) is 0. The van der Waals surface area contributed by atoms with Gasteiger partial charge in [-0.3, -0.25) is 4.79 Å². The third-order valence-electron chi connectivity index (χ3n) is 3.88. The first kappa shape index (κ1) is 15.7. The van der Waals surface area contributed by atoms with Gasteiger partial charge in [0.05, 0.1) is 0 Å². The largest absolute Gasteiger partial charge is 0.369 e. The molecule has 1 heterocycles. The molecule has 108 valence electrons. The second-order valence-corrected chi connectivity index (χ2v) is 5.44. The van der Waals surface area contributed by atoms with Gasteiger partial charge in [-0.05, 0) is 24.8 Å². The predicted molar refractivity (Wildman–Crippen MR) is 79.5 cm³/mol. The molecular formula is C14H26N4O. The van der Waals surface area contributed by atoms with Gasteiger partial charge in [0.25, 0.3) is 5.56 Å². The van der Waals surface area contributed by atoms with Crippen LogP contribution in [0.25, 0.3) is 0 Å². The van der Waals surface area contributed by atoms with Crippen LogP contribution in [0.4, 0.5) is 5.82 Å². The van der Waals surface area contributed by atoms with E-state index in [4.69, 9.17) is 5.73 Å². The normalized spacial score (nSPS) is 11.9. The van der Waals surface area contributed by atoms with Crippen LogP contribution >= 0.6 is 0 Å². The van der Waals surface area contributed by atoms with Crippen molar-refractivity contribution in [1.82, 2.24) is 9.97 Å². The molecule has 0 atom stereocenters. The monoisotopic (exact) mass is 266 g/mol. The third kappa shape index (κ3) is 4.06. The first-order valence-electron chi connectivity index (χ1n) is 7.01. The van der Waals surface area contributed by atoms with Crippen LogP contribution in [0.15, 0.2) is 10.9 Å². The lowest BCUT2D eigenvalue weighted by Crippen LogP contribution is -2.36. The third-order valence-corrected chi connectivity index (χ3v) is 3.88. The van der Waals surface area contributed by atoms with Gasteiger partial charge in [-0.15, -0.1) is 0 Å². The van der Waals surface area contributed by atoms with Crippen LogP contribution in [0.1, 0.15) is 52.3 Å². The van der Waals surface area contributed by atoms with Crippen LogP contribution in [0.2, 0.25) is 0 Å². The first-order valence-corrected chi connectivity index (χ1v) is 7.01. The smallest absolute Gasteiger partial charge is 0.252 e. The van der Waals surface area contributed by atoms with Crippen molar-refractivity contribution < 1.29 is 0 Å². The number of anilines is 1. The molecule has 0 bridgehead atoms. The van der Waals surface area contributed by atoms with E-state index >= 15 is 0 Å². The Morgan fingerprint density at radius 2 is 2.05 bits per heavy atom. The van der Waals surface area contributed by atoms with Gasteiger partial charge in [0.1, 0.15) is 11.6 Å². The molecule has 4 N–H and O–H groups in total. The lowest BCUT2D eigenvalue weighted by Gasteiger charge is -2.30. The maximum atomic E-state index is 11.6. The standard InChI is InChI=1S/C14H26N4O/c1-5-14(6-2,8-15)9-16-11-7-12(19)18-13(17-11)10(3)4/h7,10H,5-6,8-9,15H2,1-4H3,(H2,16,17,18,19). The highest BCUT2D eigenvalue weighted by Crippen LogP contribution is 2.25. The summed E-state index contributed by atoms with van der Waals surface area (Å²) in [6.07, 6.45) is 2.01. The summed E-state index contributed by atoms with van der Waals surface area (Å²) >= 11 is 0. The molecule has 0 aromatic carbocycles. The fourth-order valence-electron chi connectivity index (χ4n) is 1.98. The van der Waals surface area contributed by atoms with E-state index in [-0.39, 0.29) is 16.9 Å². The average molecular weight is 266 g/mol. The fraction of sp³-hybridized carbons (Fsp3) is 0.714. The van der Waals surface area contributed by atoms with Gasteiger partial charge in [0.2, 0.25) is 0 Å². The van der Waals surface area contributed by atoms with Gasteiger partial charge in [0.15, 0.2) is 0 Å². The molecule has 1 rings (SSSR count). The molecule has 0 aliphatic heterocycles. The zero-order valence-corrected chi connectivity index (χ0v) is 12.4. The minimum absolute atomic E-state index is 0.0717. The average Bonchev–Trinajstić information content (AvgIpc) is 2.40. The molecule has 0 radical (unpaired) electrons. The topological polar surface area (TPSA) is 83.8 Å². The van der Waals surface area contributed by atoms with Crippen LogP contribution in [0.3, 0.4) is 0 Å². The van der Waals surface area contributed by atoms with Crippen molar-refractivity contribution in [3.63, 3.8) is 0 Å². The van der Waals surface area contributed by atoms with E-state index < -0.39 is 0 Å². The maximum Gasteiger partial charge on any atom is 0.252 e. The molecule has 0 unspecified atom stereocenters. The van der Waals surface area contributed by atoms with Crippen molar-refractivity contribution in [1.29, 1.82) is 0 Å². The van der Waals surface area contributed by atoms with Crippen LogP contribution in [0.5, 0.6) is 0 Å². The summed E-state index contributed by atoms with van der Waals surface area (Å²) in [5.74, 6) is 1.54. The number of rotatable bonds is 7. The highest BCUT2D eigenvalue weighted by molar-refractivity contribution is 5.33. The molecule has 0 fully saturated rings. The Bertz CT molecular complexity index is 441. The summed E-state index contributed by atoms with van der Waals surface area (Å²) < 4.78 is 0. The summed E-state index contributed by atoms with van der Waals surface area (Å²) in [4.78, 5) is 18.8. The summed E-state index contributed by atoms with van der Waals surface area (Å²) in [5, 5.41) is 3.26. The van der Waals surface area contributed by atoms with Gasteiger partial charge < -0.3 is 16.0 Å². The zero-order valence-electron chi connectivity index (χ0n) is 12.4. The van der Waals surface area contributed by atoms with Gasteiger partial charge >= 0.3 is 0 Å². The Kier molecular flexibility index (Phi) is 5.54. The minimum atomic E-state index is -0.118. The molecule has 0 saturated carbocycles. The van der Waals surface area contributed by atoms with Gasteiger partial charge in [-0.1, -0.05) is 27.7 Å². The number of H-pyrrole nitrogens is 1. The van der Waals surface area contributed by atoms with Crippen LogP contribution in [0, 0.1) is 5.41 Å². The van der Waals surface area contributed by atoms with E-state index in [1.54, 1.807) is 0 Å². The number of nitrogens with zero attached hydrogens (tertiary/aromatic N) is 1. The van der Waals surface area contributed by atoms with Crippen LogP contribution in [-0.2, 0) is 0 Å². The van der Waals surface area contributed by atoms with Gasteiger partial charge in [0, 0.05) is 18.5 Å². The molecule has 19 heavy (non-hydrogen) atoms. The van der Waals surface area contributed by atoms with Crippen molar-refractivity contribution in [3.05, 3.63) is 22.2 Å². The molecule has 5 nitrogen and oxygen atoms in total. The van der Waals surface area contributed by atoms with Crippen molar-refractivity contribution in [2.75, 3.05) is 18.4 Å². The Labute approximate surface area is 115 Å². The van der Waals surface area contributed by atoms with Crippen molar-refractivity contribution in [2.24, 2.45) is 11.1 Å². The van der Waals surface area contributed by atoms with E-state index in [1.165, 1.54) is 6.07 Å². The first-order chi connectivity index (χ1) is 8.96.